The monoisotopic (exact) mass is 1740 g/mol. The molecule has 630 valence electrons. The fourth-order valence-corrected chi connectivity index (χ4v) is 18.0. The van der Waals surface area contributed by atoms with Crippen LogP contribution in [-0.2, 0) is 0 Å². The van der Waals surface area contributed by atoms with Gasteiger partial charge >= 0.3 is 11.6 Å². The van der Waals surface area contributed by atoms with Crippen LogP contribution in [0.2, 0.25) is 0 Å². The molecular formula is C117H67N19. The van der Waals surface area contributed by atoms with Crippen LogP contribution in [0.3, 0.4) is 0 Å². The van der Waals surface area contributed by atoms with Crippen molar-refractivity contribution in [3.8, 4) is 120 Å². The van der Waals surface area contributed by atoms with Crippen LogP contribution < -0.4 is 4.90 Å². The number of hydrogen-bond donors (Lipinski definition) is 0. The highest BCUT2D eigenvalue weighted by Gasteiger charge is 2.28. The van der Waals surface area contributed by atoms with E-state index in [-0.39, 0.29) is 67.5 Å². The molecule has 19 nitrogen and oxygen atoms in total. The zero-order valence-electron chi connectivity index (χ0n) is 72.2. The molecule has 7 heterocycles. The minimum Gasteiger partial charge on any atom is -0.358 e. The van der Waals surface area contributed by atoms with E-state index >= 15 is 0 Å². The van der Waals surface area contributed by atoms with Crippen molar-refractivity contribution in [1.82, 2.24) is 58.6 Å². The third-order valence-electron chi connectivity index (χ3n) is 24.3. The standard InChI is InChI=1S/C51H33N5.C48H34N2.C18N12/c1-4-14-34(15-5-1)49-52-50(35-16-6-2-7-17-35)54-51(53-49)36-24-28-40(29-25-36)56-46-23-13-11-21-42(46)44-33-38(27-31-48(44)56)37-26-30-47-43(32-37)41-20-10-12-22-45(41)55(47)39-18-8-3-9-19-39;1-4-12-35(13-5-1)37-20-27-42(28-21-37)49(43-29-22-38(23-30-43)36-14-6-2-7-15-36)44-31-24-39(25-32-44)40-26-33-48-46(34-40)45-18-10-11-19-47(45)50(48)41-16-8-3-9-17-41;1-23-17-9(5-21)27-13-11-12(26-8(4-20)7(3-19)25-11)14-16(15(13)29-17)30-18(24-2)10(6-22)28-14/h1-33H;1-34H;. The summed E-state index contributed by atoms with van der Waals surface area (Å²) in [5.74, 6) is 1.34. The first kappa shape index (κ1) is 81.7. The highest BCUT2D eigenvalue weighted by Crippen LogP contribution is 2.44. The van der Waals surface area contributed by atoms with Crippen molar-refractivity contribution in [3.05, 3.63) is 452 Å². The average Bonchev–Trinajstić information content (AvgIpc) is 0.950. The quantitative estimate of drug-likeness (QED) is 0.0771. The summed E-state index contributed by atoms with van der Waals surface area (Å²) in [6, 6.07) is 151. The van der Waals surface area contributed by atoms with Gasteiger partial charge in [0.1, 0.15) is 46.3 Å². The van der Waals surface area contributed by atoms with E-state index < -0.39 is 0 Å². The number of anilines is 3. The molecule has 0 fully saturated rings. The maximum absolute atomic E-state index is 9.30. The third-order valence-corrected chi connectivity index (χ3v) is 24.3. The van der Waals surface area contributed by atoms with Crippen molar-refractivity contribution >= 4 is 127 Å². The van der Waals surface area contributed by atoms with Crippen molar-refractivity contribution in [3.63, 3.8) is 0 Å². The third kappa shape index (κ3) is 14.9. The Kier molecular flexibility index (Phi) is 21.1. The van der Waals surface area contributed by atoms with Gasteiger partial charge < -0.3 is 28.3 Å². The second-order valence-corrected chi connectivity index (χ2v) is 32.2. The molecule has 0 N–H and O–H groups in total. The van der Waals surface area contributed by atoms with Crippen molar-refractivity contribution in [2.45, 2.75) is 0 Å². The first-order valence-electron chi connectivity index (χ1n) is 43.7. The van der Waals surface area contributed by atoms with Gasteiger partial charge in [0.2, 0.25) is 11.0 Å². The second-order valence-electron chi connectivity index (χ2n) is 32.2. The van der Waals surface area contributed by atoms with Crippen LogP contribution in [0.15, 0.2) is 406 Å². The number of hydrogen-bond acceptors (Lipinski definition) is 14. The molecule has 0 saturated heterocycles. The van der Waals surface area contributed by atoms with Crippen LogP contribution >= 0.6 is 0 Å². The average molecular weight is 1740 g/mol. The summed E-state index contributed by atoms with van der Waals surface area (Å²) in [5.41, 5.74) is 25.1. The van der Waals surface area contributed by atoms with Gasteiger partial charge in [-0.1, -0.05) is 280 Å². The lowest BCUT2D eigenvalue weighted by Crippen LogP contribution is -2.09. The van der Waals surface area contributed by atoms with Gasteiger partial charge in [-0.3, -0.25) is 0 Å². The van der Waals surface area contributed by atoms with E-state index in [1.807, 2.05) is 60.7 Å². The number of nitriles is 4. The lowest BCUT2D eigenvalue weighted by molar-refractivity contribution is 1.07. The molecule has 0 unspecified atom stereocenters. The Labute approximate surface area is 778 Å². The Bertz CT molecular complexity index is 8630. The van der Waals surface area contributed by atoms with Crippen LogP contribution in [-0.4, -0.2) is 58.6 Å². The van der Waals surface area contributed by atoms with E-state index in [0.29, 0.717) is 17.5 Å². The van der Waals surface area contributed by atoms with Gasteiger partial charge in [0, 0.05) is 83.1 Å². The molecule has 0 radical (unpaired) electrons. The molecule has 0 atom stereocenters. The Morgan fingerprint density at radius 2 is 0.434 bits per heavy atom. The summed E-state index contributed by atoms with van der Waals surface area (Å²) in [6.45, 7) is 14.5. The molecule has 0 aliphatic heterocycles. The molecule has 0 bridgehead atoms. The summed E-state index contributed by atoms with van der Waals surface area (Å²) < 4.78 is 7.08. The lowest BCUT2D eigenvalue weighted by atomic mass is 10.0. The van der Waals surface area contributed by atoms with E-state index in [1.165, 1.54) is 105 Å². The fourth-order valence-electron chi connectivity index (χ4n) is 18.0. The van der Waals surface area contributed by atoms with Gasteiger partial charge in [-0.2, -0.15) is 21.0 Å². The maximum Gasteiger partial charge on any atom is 0.307 e. The molecule has 0 saturated carbocycles. The zero-order valence-corrected chi connectivity index (χ0v) is 72.2. The van der Waals surface area contributed by atoms with E-state index in [9.17, 15) is 21.0 Å². The first-order valence-corrected chi connectivity index (χ1v) is 43.7. The Balaban J connectivity index is 0.000000124. The Morgan fingerprint density at radius 3 is 0.750 bits per heavy atom. The number of aromatic nitrogens is 12. The van der Waals surface area contributed by atoms with Gasteiger partial charge in [-0.15, -0.1) is 9.97 Å². The second kappa shape index (κ2) is 35.2. The van der Waals surface area contributed by atoms with Crippen LogP contribution in [0.25, 0.3) is 204 Å². The maximum atomic E-state index is 9.30. The first-order chi connectivity index (χ1) is 67.2. The van der Waals surface area contributed by atoms with Crippen molar-refractivity contribution in [1.29, 1.82) is 21.0 Å². The molecule has 24 aromatic rings. The van der Waals surface area contributed by atoms with E-state index in [0.717, 1.165) is 56.2 Å². The van der Waals surface area contributed by atoms with E-state index in [2.05, 4.69) is 404 Å². The van der Waals surface area contributed by atoms with E-state index in [1.54, 1.807) is 24.3 Å². The topological polar surface area (TPSA) is 238 Å². The number of benzene rings is 17. The summed E-state index contributed by atoms with van der Waals surface area (Å²) in [7, 11) is 0. The smallest absolute Gasteiger partial charge is 0.307 e. The van der Waals surface area contributed by atoms with Gasteiger partial charge in [0.05, 0.1) is 33.1 Å². The normalized spacial score (nSPS) is 11.0. The molecular weight excluding hydrogens is 1670 g/mol. The zero-order chi connectivity index (χ0) is 91.7. The van der Waals surface area contributed by atoms with Crippen LogP contribution in [0.4, 0.5) is 28.7 Å². The number of nitrogens with zero attached hydrogens (tertiary/aromatic N) is 19. The highest BCUT2D eigenvalue weighted by atomic mass is 15.1. The van der Waals surface area contributed by atoms with Crippen molar-refractivity contribution < 1.29 is 0 Å². The lowest BCUT2D eigenvalue weighted by Gasteiger charge is -2.26. The Hall–Kier alpha value is -20.1. The Morgan fingerprint density at radius 1 is 0.206 bits per heavy atom. The van der Waals surface area contributed by atoms with E-state index in [4.69, 9.17) is 28.1 Å². The molecule has 7 aromatic heterocycles. The predicted octanol–water partition coefficient (Wildman–Crippen LogP) is 28.1. The highest BCUT2D eigenvalue weighted by molar-refractivity contribution is 6.19. The predicted molar refractivity (Wildman–Crippen MR) is 539 cm³/mol. The molecule has 0 aliphatic carbocycles. The molecule has 136 heavy (non-hydrogen) atoms. The van der Waals surface area contributed by atoms with Crippen LogP contribution in [0.5, 0.6) is 0 Å². The number of para-hydroxylation sites is 5. The summed E-state index contributed by atoms with van der Waals surface area (Å²) in [6.07, 6.45) is 0. The van der Waals surface area contributed by atoms with Crippen molar-refractivity contribution in [2.24, 2.45) is 0 Å². The molecule has 17 aromatic carbocycles. The SMILES string of the molecule is [C-]#[N+]c1nc2c(nc1C#N)c1nc(C#N)c(C#N)nc1c1nc(C#N)c([N+]#[C-])nc12.c1ccc(-c2ccc(N(c3ccc(-c4ccccc4)cc3)c3ccc(-c4ccc5c(c4)c4ccccc4n5-c4ccccc4)cc3)cc2)cc1.c1ccc(-c2nc(-c3ccccc3)nc(-c3ccc(-n4c5ccccc5c5cc(-c6ccc7c(c6)c6ccccc6n7-c6ccccc6)ccc54)cc3)n2)cc1. The van der Waals surface area contributed by atoms with Gasteiger partial charge in [0.25, 0.3) is 0 Å². The number of rotatable bonds is 13. The molecule has 24 rings (SSSR count). The molecule has 0 amide bonds. The van der Waals surface area contributed by atoms with Gasteiger partial charge in [0.15, 0.2) is 40.2 Å². The summed E-state index contributed by atoms with van der Waals surface area (Å²) >= 11 is 0. The van der Waals surface area contributed by atoms with Gasteiger partial charge in [-0.05, 0) is 184 Å². The largest absolute Gasteiger partial charge is 0.358 e. The number of fused-ring (bicyclic) bond motifs is 15. The van der Waals surface area contributed by atoms with Gasteiger partial charge in [-0.25, -0.2) is 34.9 Å². The summed E-state index contributed by atoms with van der Waals surface area (Å²) in [4.78, 5) is 48.2. The fraction of sp³-hybridized carbons (Fsp3) is 0. The molecule has 19 heteroatoms. The van der Waals surface area contributed by atoms with Crippen LogP contribution in [0.1, 0.15) is 22.8 Å². The van der Waals surface area contributed by atoms with Crippen molar-refractivity contribution in [2.75, 3.05) is 4.90 Å². The minimum absolute atomic E-state index is 0.00714. The van der Waals surface area contributed by atoms with Crippen LogP contribution in [0, 0.1) is 58.5 Å². The minimum atomic E-state index is -0.303. The summed E-state index contributed by atoms with van der Waals surface area (Å²) in [5, 5.41) is 44.6. The molecule has 0 aliphatic rings. The molecule has 0 spiro atoms.